The van der Waals surface area contributed by atoms with Gasteiger partial charge in [0.2, 0.25) is 5.91 Å². The van der Waals surface area contributed by atoms with Crippen molar-refractivity contribution in [2.75, 3.05) is 36.8 Å². The number of ether oxygens (including phenoxy) is 1. The van der Waals surface area contributed by atoms with E-state index in [2.05, 4.69) is 15.2 Å². The van der Waals surface area contributed by atoms with Crippen molar-refractivity contribution >= 4 is 49.9 Å². The number of nitrogens with one attached hydrogen (secondary N) is 1. The van der Waals surface area contributed by atoms with Crippen LogP contribution in [0.25, 0.3) is 10.8 Å². The quantitative estimate of drug-likeness (QED) is 0.344. The summed E-state index contributed by atoms with van der Waals surface area (Å²) in [5.41, 5.74) is 1.39. The average Bonchev–Trinajstić information content (AvgIpc) is 2.93. The monoisotopic (exact) mass is 614 g/mol. The first-order chi connectivity index (χ1) is 19.8. The Labute approximate surface area is 253 Å². The van der Waals surface area contributed by atoms with Crippen molar-refractivity contribution < 1.29 is 22.7 Å². The van der Waals surface area contributed by atoms with E-state index in [-0.39, 0.29) is 42.1 Å². The molecule has 0 unspecified atom stereocenters. The Morgan fingerprint density at radius 1 is 1.07 bits per heavy atom. The van der Waals surface area contributed by atoms with Crippen molar-refractivity contribution in [3.05, 3.63) is 65.4 Å². The molecule has 1 N–H and O–H groups in total. The molecule has 0 spiro atoms. The largest absolute Gasteiger partial charge is 0.444 e. The number of sulfone groups is 1. The fraction of sp³-hybridized carbons (Fsp3) is 0.452. The van der Waals surface area contributed by atoms with Crippen LogP contribution in [0.2, 0.25) is 5.02 Å². The second kappa shape index (κ2) is 13.3. The zero-order chi connectivity index (χ0) is 30.5. The van der Waals surface area contributed by atoms with E-state index in [9.17, 15) is 18.0 Å². The predicted octanol–water partition coefficient (Wildman–Crippen LogP) is 5.38. The third-order valence-corrected chi connectivity index (χ3v) is 9.16. The maximum Gasteiger partial charge on any atom is 0.407 e. The van der Waals surface area contributed by atoms with Gasteiger partial charge in [0.05, 0.1) is 10.6 Å². The number of aryl methyl sites for hydroxylation is 1. The van der Waals surface area contributed by atoms with E-state index in [4.69, 9.17) is 16.3 Å². The number of carbonyl (C=O) groups excluding carboxylic acids is 2. The van der Waals surface area contributed by atoms with Crippen LogP contribution in [0.5, 0.6) is 0 Å². The number of aromatic nitrogens is 1. The number of hydrogen-bond donors (Lipinski definition) is 1. The minimum Gasteiger partial charge on any atom is -0.444 e. The van der Waals surface area contributed by atoms with Crippen LogP contribution in [0, 0.1) is 6.92 Å². The van der Waals surface area contributed by atoms with Crippen LogP contribution < -0.4 is 10.2 Å². The molecule has 0 bridgehead atoms. The lowest BCUT2D eigenvalue weighted by molar-refractivity contribution is -0.133. The molecule has 0 radical (unpaired) electrons. The van der Waals surface area contributed by atoms with Gasteiger partial charge < -0.3 is 19.9 Å². The molecule has 0 aliphatic carbocycles. The van der Waals surface area contributed by atoms with Crippen molar-refractivity contribution in [2.45, 2.75) is 63.5 Å². The molecule has 1 aromatic heterocycles. The lowest BCUT2D eigenvalue weighted by Gasteiger charge is -2.39. The third kappa shape index (κ3) is 8.58. The maximum atomic E-state index is 13.6. The summed E-state index contributed by atoms with van der Waals surface area (Å²) in [5, 5.41) is 4.90. The lowest BCUT2D eigenvalue weighted by atomic mass is 10.0. The number of anilines is 1. The number of nitrogens with zero attached hydrogens (tertiary/aromatic N) is 3. The van der Waals surface area contributed by atoms with Gasteiger partial charge in [0.1, 0.15) is 5.60 Å². The first kappa shape index (κ1) is 31.6. The molecule has 2 heterocycles. The summed E-state index contributed by atoms with van der Waals surface area (Å²) in [5.74, 6) is -0.564. The van der Waals surface area contributed by atoms with Crippen molar-refractivity contribution in [3.63, 3.8) is 0 Å². The third-order valence-electron chi connectivity index (χ3n) is 7.21. The van der Waals surface area contributed by atoms with Crippen LogP contribution >= 0.6 is 11.6 Å². The minimum absolute atomic E-state index is 0.0785. The molecule has 1 aliphatic heterocycles. The highest BCUT2D eigenvalue weighted by Gasteiger charge is 2.29. The zero-order valence-electron chi connectivity index (χ0n) is 24.6. The van der Waals surface area contributed by atoms with Gasteiger partial charge in [0.15, 0.2) is 9.84 Å². The van der Waals surface area contributed by atoms with Gasteiger partial charge in [-0.05, 0) is 87.7 Å². The fourth-order valence-electron chi connectivity index (χ4n) is 5.14. The SMILES string of the molecule is Cc1cc(N2CCC(N(CCNC(=O)OC(C)(C)C)C(=O)CCS(=O)(=O)c3ccc4cc(Cl)ccc4c3)CC2)ccn1. The van der Waals surface area contributed by atoms with Crippen LogP contribution in [-0.4, -0.2) is 73.9 Å². The summed E-state index contributed by atoms with van der Waals surface area (Å²) in [6.45, 7) is 9.25. The molecule has 0 atom stereocenters. The Morgan fingerprint density at radius 2 is 1.76 bits per heavy atom. The smallest absolute Gasteiger partial charge is 0.407 e. The van der Waals surface area contributed by atoms with Gasteiger partial charge in [-0.2, -0.15) is 0 Å². The highest BCUT2D eigenvalue weighted by atomic mass is 35.5. The molecule has 2 amide bonds. The van der Waals surface area contributed by atoms with Gasteiger partial charge in [0, 0.05) is 61.2 Å². The first-order valence-electron chi connectivity index (χ1n) is 14.2. The number of benzene rings is 2. The first-order valence-corrected chi connectivity index (χ1v) is 16.2. The number of alkyl carbamates (subject to hydrolysis) is 1. The maximum absolute atomic E-state index is 13.6. The van der Waals surface area contributed by atoms with E-state index in [1.54, 1.807) is 68.3 Å². The zero-order valence-corrected chi connectivity index (χ0v) is 26.2. The highest BCUT2D eigenvalue weighted by Crippen LogP contribution is 2.25. The number of fused-ring (bicyclic) bond motifs is 1. The topological polar surface area (TPSA) is 109 Å². The number of pyridine rings is 1. The average molecular weight is 615 g/mol. The van der Waals surface area contributed by atoms with Gasteiger partial charge in [0.25, 0.3) is 0 Å². The lowest BCUT2D eigenvalue weighted by Crippen LogP contribution is -2.50. The van der Waals surface area contributed by atoms with Crippen LogP contribution in [0.1, 0.15) is 45.7 Å². The van der Waals surface area contributed by atoms with Crippen LogP contribution in [0.4, 0.5) is 10.5 Å². The Balaban J connectivity index is 1.43. The van der Waals surface area contributed by atoms with E-state index in [0.29, 0.717) is 5.02 Å². The van der Waals surface area contributed by atoms with Crippen LogP contribution in [0.15, 0.2) is 59.6 Å². The molecular formula is C31H39ClN4O5S. The molecule has 3 aromatic rings. The normalized spacial score (nSPS) is 14.5. The molecule has 11 heteroatoms. The van der Waals surface area contributed by atoms with Crippen LogP contribution in [0.3, 0.4) is 0 Å². The number of piperidine rings is 1. The summed E-state index contributed by atoms with van der Waals surface area (Å²) in [7, 11) is -3.71. The summed E-state index contributed by atoms with van der Waals surface area (Å²) < 4.78 is 31.8. The Hall–Kier alpha value is -3.37. The summed E-state index contributed by atoms with van der Waals surface area (Å²) >= 11 is 6.06. The van der Waals surface area contributed by atoms with Crippen molar-refractivity contribution in [2.24, 2.45) is 0 Å². The number of halogens is 1. The summed E-state index contributed by atoms with van der Waals surface area (Å²) in [6, 6.07) is 14.1. The minimum atomic E-state index is -3.71. The molecule has 42 heavy (non-hydrogen) atoms. The van der Waals surface area contributed by atoms with E-state index in [0.717, 1.165) is 48.1 Å². The molecule has 1 aliphatic rings. The number of rotatable bonds is 9. The van der Waals surface area contributed by atoms with Gasteiger partial charge in [-0.15, -0.1) is 0 Å². The number of hydrogen-bond acceptors (Lipinski definition) is 7. The second-order valence-corrected chi connectivity index (χ2v) is 14.2. The fourth-order valence-corrected chi connectivity index (χ4v) is 6.58. The Bertz CT molecular complexity index is 1530. The molecule has 1 fully saturated rings. The van der Waals surface area contributed by atoms with E-state index < -0.39 is 21.5 Å². The molecule has 4 rings (SSSR count). The van der Waals surface area contributed by atoms with E-state index in [1.807, 2.05) is 19.1 Å². The molecule has 2 aromatic carbocycles. The molecule has 226 valence electrons. The number of amides is 2. The predicted molar refractivity (Wildman–Crippen MR) is 166 cm³/mol. The van der Waals surface area contributed by atoms with E-state index >= 15 is 0 Å². The standard InChI is InChI=1S/C31H39ClN4O5S/c1-22-19-27(9-13-33-22)35-15-10-26(11-16-35)36(17-14-34-30(38)41-31(2,3)4)29(37)12-18-42(39,40)28-8-6-23-20-25(32)7-5-24(23)21-28/h5-9,13,19-21,26H,10-12,14-18H2,1-4H3,(H,34,38). The summed E-state index contributed by atoms with van der Waals surface area (Å²) in [6.07, 6.45) is 2.52. The van der Waals surface area contributed by atoms with Gasteiger partial charge in [-0.3, -0.25) is 9.78 Å². The Kier molecular flexibility index (Phi) is 9.99. The van der Waals surface area contributed by atoms with Gasteiger partial charge >= 0.3 is 6.09 Å². The van der Waals surface area contributed by atoms with Gasteiger partial charge in [-0.25, -0.2) is 13.2 Å². The molecule has 9 nitrogen and oxygen atoms in total. The summed E-state index contributed by atoms with van der Waals surface area (Å²) in [4.78, 5) is 34.2. The molecular weight excluding hydrogens is 576 g/mol. The van der Waals surface area contributed by atoms with Gasteiger partial charge in [-0.1, -0.05) is 23.7 Å². The van der Waals surface area contributed by atoms with E-state index in [1.165, 1.54) is 0 Å². The highest BCUT2D eigenvalue weighted by molar-refractivity contribution is 7.91. The second-order valence-electron chi connectivity index (χ2n) is 11.6. The Morgan fingerprint density at radius 3 is 2.45 bits per heavy atom. The molecule has 0 saturated carbocycles. The van der Waals surface area contributed by atoms with Crippen molar-refractivity contribution in [1.82, 2.24) is 15.2 Å². The van der Waals surface area contributed by atoms with Crippen LogP contribution in [-0.2, 0) is 19.4 Å². The molecule has 1 saturated heterocycles. The van der Waals surface area contributed by atoms with Crippen molar-refractivity contribution in [3.8, 4) is 0 Å². The van der Waals surface area contributed by atoms with Crippen molar-refractivity contribution in [1.29, 1.82) is 0 Å². The number of carbonyl (C=O) groups is 2.